The molecule has 1 aliphatic heterocycles. The summed E-state index contributed by atoms with van der Waals surface area (Å²) in [6.45, 7) is 3.52. The van der Waals surface area contributed by atoms with Crippen LogP contribution in [0.2, 0.25) is 0 Å². The standard InChI is InChI=1S/C9H18N2O5S/c1-6(2)11-17(14,15)10-5-7-3-4-8(16-7)9(12)13/h6-8,10-11H,3-5H2,1-2H3,(H,12,13). The van der Waals surface area contributed by atoms with Crippen LogP contribution in [-0.2, 0) is 19.7 Å². The molecule has 1 heterocycles. The number of hydrogen-bond donors (Lipinski definition) is 3. The molecule has 8 heteroatoms. The van der Waals surface area contributed by atoms with E-state index < -0.39 is 22.3 Å². The second kappa shape index (κ2) is 5.76. The van der Waals surface area contributed by atoms with Crippen molar-refractivity contribution in [2.45, 2.75) is 44.9 Å². The Labute approximate surface area is 101 Å². The molecular weight excluding hydrogens is 248 g/mol. The average Bonchev–Trinajstić information content (AvgIpc) is 2.61. The van der Waals surface area contributed by atoms with E-state index in [1.165, 1.54) is 0 Å². The second-order valence-corrected chi connectivity index (χ2v) is 5.82. The molecule has 100 valence electrons. The zero-order valence-corrected chi connectivity index (χ0v) is 10.7. The molecule has 0 bridgehead atoms. The maximum absolute atomic E-state index is 11.4. The minimum Gasteiger partial charge on any atom is -0.479 e. The van der Waals surface area contributed by atoms with Crippen molar-refractivity contribution in [3.63, 3.8) is 0 Å². The summed E-state index contributed by atoms with van der Waals surface area (Å²) in [5, 5.41) is 8.70. The predicted molar refractivity (Wildman–Crippen MR) is 60.7 cm³/mol. The van der Waals surface area contributed by atoms with Gasteiger partial charge < -0.3 is 9.84 Å². The molecule has 0 aliphatic carbocycles. The smallest absolute Gasteiger partial charge is 0.332 e. The molecule has 0 aromatic rings. The summed E-state index contributed by atoms with van der Waals surface area (Å²) in [5.74, 6) is -1.00. The van der Waals surface area contributed by atoms with E-state index in [9.17, 15) is 13.2 Å². The Balaban J connectivity index is 2.35. The molecule has 3 N–H and O–H groups in total. The first-order valence-electron chi connectivity index (χ1n) is 5.45. The van der Waals surface area contributed by atoms with Crippen LogP contribution in [0.15, 0.2) is 0 Å². The van der Waals surface area contributed by atoms with Gasteiger partial charge in [0.05, 0.1) is 6.10 Å². The van der Waals surface area contributed by atoms with Gasteiger partial charge in [0.2, 0.25) is 0 Å². The van der Waals surface area contributed by atoms with Gasteiger partial charge in [0, 0.05) is 12.6 Å². The highest BCUT2D eigenvalue weighted by atomic mass is 32.2. The van der Waals surface area contributed by atoms with Crippen LogP contribution in [0.3, 0.4) is 0 Å². The summed E-state index contributed by atoms with van der Waals surface area (Å²) in [5.41, 5.74) is 0. The lowest BCUT2D eigenvalue weighted by Gasteiger charge is -2.14. The van der Waals surface area contributed by atoms with Gasteiger partial charge in [-0.1, -0.05) is 0 Å². The lowest BCUT2D eigenvalue weighted by Crippen LogP contribution is -2.43. The maximum Gasteiger partial charge on any atom is 0.332 e. The zero-order chi connectivity index (χ0) is 13.1. The second-order valence-electron chi connectivity index (χ2n) is 4.29. The first-order valence-corrected chi connectivity index (χ1v) is 6.93. The van der Waals surface area contributed by atoms with E-state index in [0.29, 0.717) is 12.8 Å². The van der Waals surface area contributed by atoms with Crippen molar-refractivity contribution >= 4 is 16.2 Å². The number of carbonyl (C=O) groups is 1. The van der Waals surface area contributed by atoms with Crippen LogP contribution >= 0.6 is 0 Å². The Bertz CT molecular complexity index is 368. The minimum atomic E-state index is -3.53. The van der Waals surface area contributed by atoms with Crippen LogP contribution < -0.4 is 9.44 Å². The van der Waals surface area contributed by atoms with Crippen molar-refractivity contribution in [1.29, 1.82) is 0 Å². The summed E-state index contributed by atoms with van der Waals surface area (Å²) in [6, 6.07) is -0.191. The third-order valence-corrected chi connectivity index (χ3v) is 3.60. The SMILES string of the molecule is CC(C)NS(=O)(=O)NCC1CCC(C(=O)O)O1. The van der Waals surface area contributed by atoms with Crippen molar-refractivity contribution in [2.75, 3.05) is 6.54 Å². The Kier molecular flexibility index (Phi) is 4.87. The molecule has 2 unspecified atom stereocenters. The Morgan fingerprint density at radius 3 is 2.59 bits per heavy atom. The molecule has 0 radical (unpaired) electrons. The molecule has 0 aromatic heterocycles. The molecule has 17 heavy (non-hydrogen) atoms. The van der Waals surface area contributed by atoms with E-state index in [1.54, 1.807) is 13.8 Å². The van der Waals surface area contributed by atoms with Crippen molar-refractivity contribution < 1.29 is 23.1 Å². The van der Waals surface area contributed by atoms with Crippen molar-refractivity contribution in [3.05, 3.63) is 0 Å². The fourth-order valence-corrected chi connectivity index (χ4v) is 2.70. The first kappa shape index (κ1) is 14.4. The maximum atomic E-state index is 11.4. The zero-order valence-electron chi connectivity index (χ0n) is 9.84. The first-order chi connectivity index (χ1) is 7.80. The number of nitrogens with one attached hydrogen (secondary N) is 2. The van der Waals surface area contributed by atoms with Crippen LogP contribution in [-0.4, -0.2) is 44.3 Å². The van der Waals surface area contributed by atoms with E-state index >= 15 is 0 Å². The largest absolute Gasteiger partial charge is 0.479 e. The van der Waals surface area contributed by atoms with Crippen molar-refractivity contribution in [1.82, 2.24) is 9.44 Å². The minimum absolute atomic E-state index is 0.0891. The molecule has 7 nitrogen and oxygen atoms in total. The molecule has 0 saturated carbocycles. The van der Waals surface area contributed by atoms with Crippen LogP contribution in [0.5, 0.6) is 0 Å². The van der Waals surface area contributed by atoms with Gasteiger partial charge in [0.15, 0.2) is 6.10 Å². The fraction of sp³-hybridized carbons (Fsp3) is 0.889. The molecule has 0 amide bonds. The summed E-state index contributed by atoms with van der Waals surface area (Å²) < 4.78 is 32.7. The summed E-state index contributed by atoms with van der Waals surface area (Å²) >= 11 is 0. The van der Waals surface area contributed by atoms with Gasteiger partial charge in [-0.3, -0.25) is 0 Å². The van der Waals surface area contributed by atoms with Crippen LogP contribution in [0.4, 0.5) is 0 Å². The normalized spacial score (nSPS) is 25.4. The number of carboxylic acids is 1. The number of aliphatic carboxylic acids is 1. The topological polar surface area (TPSA) is 105 Å². The van der Waals surface area contributed by atoms with E-state index in [4.69, 9.17) is 9.84 Å². The molecule has 2 atom stereocenters. The van der Waals surface area contributed by atoms with Crippen LogP contribution in [0.1, 0.15) is 26.7 Å². The molecule has 1 saturated heterocycles. The highest BCUT2D eigenvalue weighted by Crippen LogP contribution is 2.19. The van der Waals surface area contributed by atoms with E-state index in [-0.39, 0.29) is 18.7 Å². The number of hydrogen-bond acceptors (Lipinski definition) is 4. The Morgan fingerprint density at radius 2 is 2.12 bits per heavy atom. The van der Waals surface area contributed by atoms with Crippen LogP contribution in [0.25, 0.3) is 0 Å². The summed E-state index contributed by atoms with van der Waals surface area (Å²) in [7, 11) is -3.53. The predicted octanol–water partition coefficient (Wildman–Crippen LogP) is -0.549. The molecule has 1 rings (SSSR count). The quantitative estimate of drug-likeness (QED) is 0.598. The van der Waals surface area contributed by atoms with E-state index in [1.807, 2.05) is 0 Å². The van der Waals surface area contributed by atoms with Gasteiger partial charge in [-0.25, -0.2) is 4.79 Å². The lowest BCUT2D eigenvalue weighted by atomic mass is 10.2. The highest BCUT2D eigenvalue weighted by Gasteiger charge is 2.30. The Hall–Kier alpha value is -0.700. The third kappa shape index (κ3) is 4.99. The van der Waals surface area contributed by atoms with Gasteiger partial charge >= 0.3 is 5.97 Å². The Morgan fingerprint density at radius 1 is 1.47 bits per heavy atom. The number of ether oxygens (including phenoxy) is 1. The molecular formula is C9H18N2O5S. The van der Waals surface area contributed by atoms with Gasteiger partial charge in [-0.2, -0.15) is 17.9 Å². The monoisotopic (exact) mass is 266 g/mol. The van der Waals surface area contributed by atoms with E-state index in [0.717, 1.165) is 0 Å². The number of carboxylic acid groups (broad SMARTS) is 1. The third-order valence-electron chi connectivity index (χ3n) is 2.27. The molecule has 0 aromatic carbocycles. The molecule has 1 aliphatic rings. The van der Waals surface area contributed by atoms with E-state index in [2.05, 4.69) is 9.44 Å². The van der Waals surface area contributed by atoms with Crippen molar-refractivity contribution in [3.8, 4) is 0 Å². The van der Waals surface area contributed by atoms with Gasteiger partial charge in [-0.15, -0.1) is 0 Å². The lowest BCUT2D eigenvalue weighted by molar-refractivity contribution is -0.149. The van der Waals surface area contributed by atoms with Crippen LogP contribution in [0, 0.1) is 0 Å². The average molecular weight is 266 g/mol. The highest BCUT2D eigenvalue weighted by molar-refractivity contribution is 7.87. The fourth-order valence-electron chi connectivity index (χ4n) is 1.59. The molecule has 1 fully saturated rings. The van der Waals surface area contributed by atoms with Gasteiger partial charge in [-0.05, 0) is 26.7 Å². The number of rotatable bonds is 6. The molecule has 0 spiro atoms. The van der Waals surface area contributed by atoms with Gasteiger partial charge in [0.25, 0.3) is 10.2 Å². The summed E-state index contributed by atoms with van der Waals surface area (Å²) in [4.78, 5) is 10.6. The summed E-state index contributed by atoms with van der Waals surface area (Å²) in [6.07, 6.45) is -0.233. The van der Waals surface area contributed by atoms with Gasteiger partial charge in [0.1, 0.15) is 0 Å². The van der Waals surface area contributed by atoms with Crippen molar-refractivity contribution in [2.24, 2.45) is 0 Å².